The molecule has 0 atom stereocenters. The van der Waals surface area contributed by atoms with Gasteiger partial charge in [0.25, 0.3) is 0 Å². The van der Waals surface area contributed by atoms with Gasteiger partial charge < -0.3 is 0 Å². The first kappa shape index (κ1) is 13.0. The average Bonchev–Trinajstić information content (AvgIpc) is 2.24. The molecule has 1 aromatic rings. The third-order valence-corrected chi connectivity index (χ3v) is 2.94. The van der Waals surface area contributed by atoms with Gasteiger partial charge in [-0.25, -0.2) is 0 Å². The first-order valence-electron chi connectivity index (χ1n) is 6.24. The Bertz CT molecular complexity index is 311. The van der Waals surface area contributed by atoms with E-state index in [1.54, 1.807) is 0 Å². The molecule has 0 aliphatic heterocycles. The molecule has 0 aromatic heterocycles. The van der Waals surface area contributed by atoms with E-state index in [2.05, 4.69) is 51.6 Å². The van der Waals surface area contributed by atoms with Crippen molar-refractivity contribution < 1.29 is 0 Å². The highest BCUT2D eigenvalue weighted by molar-refractivity contribution is 5.27. The molecule has 0 bridgehead atoms. The van der Waals surface area contributed by atoms with Crippen molar-refractivity contribution in [2.75, 3.05) is 0 Å². The van der Waals surface area contributed by atoms with E-state index in [0.717, 1.165) is 6.42 Å². The molecule has 0 radical (unpaired) electrons. The monoisotopic (exact) mass is 216 g/mol. The predicted molar refractivity (Wildman–Crippen MR) is 72.9 cm³/mol. The maximum atomic E-state index is 3.74. The summed E-state index contributed by atoms with van der Waals surface area (Å²) in [6.07, 6.45) is 6.85. The van der Waals surface area contributed by atoms with Crippen LogP contribution in [0.4, 0.5) is 0 Å². The van der Waals surface area contributed by atoms with Crippen molar-refractivity contribution in [3.63, 3.8) is 0 Å². The van der Waals surface area contributed by atoms with Crippen molar-refractivity contribution in [3.05, 3.63) is 48.0 Å². The van der Waals surface area contributed by atoms with E-state index in [0.29, 0.717) is 0 Å². The topological polar surface area (TPSA) is 0 Å². The second-order valence-corrected chi connectivity index (χ2v) is 5.48. The molecule has 0 heteroatoms. The van der Waals surface area contributed by atoms with Crippen LogP contribution in [-0.4, -0.2) is 0 Å². The molecule has 0 heterocycles. The minimum Gasteiger partial charge on any atom is -0.103 e. The number of hydrogen-bond donors (Lipinski definition) is 0. The summed E-state index contributed by atoms with van der Waals surface area (Å²) in [7, 11) is 0. The molecule has 0 saturated heterocycles. The fraction of sp³-hybridized carbons (Fsp3) is 0.500. The van der Waals surface area contributed by atoms with Gasteiger partial charge in [-0.1, -0.05) is 51.1 Å². The van der Waals surface area contributed by atoms with Gasteiger partial charge in [0.05, 0.1) is 0 Å². The van der Waals surface area contributed by atoms with Gasteiger partial charge in [0.1, 0.15) is 0 Å². The predicted octanol–water partition coefficient (Wildman–Crippen LogP) is 4.88. The van der Waals surface area contributed by atoms with Crippen LogP contribution >= 0.6 is 0 Å². The zero-order valence-corrected chi connectivity index (χ0v) is 10.9. The molecule has 1 rings (SSSR count). The van der Waals surface area contributed by atoms with Crippen molar-refractivity contribution in [3.8, 4) is 0 Å². The molecule has 0 saturated carbocycles. The molecule has 0 amide bonds. The number of rotatable bonds is 5. The van der Waals surface area contributed by atoms with Crippen LogP contribution < -0.4 is 0 Å². The fourth-order valence-electron chi connectivity index (χ4n) is 1.79. The molecule has 88 valence electrons. The van der Waals surface area contributed by atoms with Crippen molar-refractivity contribution in [2.45, 2.75) is 51.9 Å². The Labute approximate surface area is 100 Å². The number of hydrogen-bond acceptors (Lipinski definition) is 0. The summed E-state index contributed by atoms with van der Waals surface area (Å²) < 4.78 is 0. The normalized spacial score (nSPS) is 11.4. The van der Waals surface area contributed by atoms with Gasteiger partial charge in [-0.05, 0) is 42.2 Å². The van der Waals surface area contributed by atoms with Gasteiger partial charge in [-0.3, -0.25) is 0 Å². The molecule has 1 aromatic carbocycles. The average molecular weight is 216 g/mol. The van der Waals surface area contributed by atoms with Crippen molar-refractivity contribution in [1.29, 1.82) is 0 Å². The highest BCUT2D eigenvalue weighted by Crippen LogP contribution is 2.22. The highest BCUT2D eigenvalue weighted by Gasteiger charge is 2.12. The molecule has 0 fully saturated rings. The molecule has 0 spiro atoms. The first-order valence-corrected chi connectivity index (χ1v) is 6.24. The summed E-state index contributed by atoms with van der Waals surface area (Å²) in [5, 5.41) is 0. The van der Waals surface area contributed by atoms with E-state index in [4.69, 9.17) is 0 Å². The van der Waals surface area contributed by atoms with Crippen LogP contribution in [0.15, 0.2) is 36.9 Å². The Balaban J connectivity index is 2.48. The van der Waals surface area contributed by atoms with Crippen LogP contribution in [0.25, 0.3) is 0 Å². The molecule has 0 unspecified atom stereocenters. The van der Waals surface area contributed by atoms with E-state index in [-0.39, 0.29) is 5.41 Å². The standard InChI is InChI=1S/C16H24/c1-5-6-7-8-9-14-10-12-15(13-11-14)16(2,3)4/h5,10-13H,1,6-9H2,2-4H3. The summed E-state index contributed by atoms with van der Waals surface area (Å²) in [5.41, 5.74) is 3.14. The second kappa shape index (κ2) is 5.89. The largest absolute Gasteiger partial charge is 0.103 e. The van der Waals surface area contributed by atoms with Gasteiger partial charge in [-0.15, -0.1) is 6.58 Å². The van der Waals surface area contributed by atoms with E-state index >= 15 is 0 Å². The summed E-state index contributed by atoms with van der Waals surface area (Å²) in [4.78, 5) is 0. The Morgan fingerprint density at radius 1 is 1.06 bits per heavy atom. The van der Waals surface area contributed by atoms with E-state index in [1.165, 1.54) is 30.4 Å². The zero-order chi connectivity index (χ0) is 12.0. The quantitative estimate of drug-likeness (QED) is 0.486. The van der Waals surface area contributed by atoms with Gasteiger partial charge in [0.2, 0.25) is 0 Å². The molecule has 0 aliphatic rings. The molecule has 0 aliphatic carbocycles. The number of unbranched alkanes of at least 4 members (excludes halogenated alkanes) is 2. The van der Waals surface area contributed by atoms with Gasteiger partial charge in [0.15, 0.2) is 0 Å². The van der Waals surface area contributed by atoms with Gasteiger partial charge in [0, 0.05) is 0 Å². The SMILES string of the molecule is C=CCCCCc1ccc(C(C)(C)C)cc1. The Morgan fingerprint density at radius 2 is 1.69 bits per heavy atom. The lowest BCUT2D eigenvalue weighted by Gasteiger charge is -2.19. The maximum absolute atomic E-state index is 3.74. The summed E-state index contributed by atoms with van der Waals surface area (Å²) in [5.74, 6) is 0. The minimum atomic E-state index is 0.265. The number of benzene rings is 1. The molecule has 16 heavy (non-hydrogen) atoms. The smallest absolute Gasteiger partial charge is 0.0132 e. The second-order valence-electron chi connectivity index (χ2n) is 5.48. The van der Waals surface area contributed by atoms with E-state index in [9.17, 15) is 0 Å². The molecular weight excluding hydrogens is 192 g/mol. The first-order chi connectivity index (χ1) is 7.54. The molecule has 0 N–H and O–H groups in total. The summed E-state index contributed by atoms with van der Waals surface area (Å²) in [6, 6.07) is 9.08. The summed E-state index contributed by atoms with van der Waals surface area (Å²) >= 11 is 0. The lowest BCUT2D eigenvalue weighted by Crippen LogP contribution is -2.10. The maximum Gasteiger partial charge on any atom is -0.0132 e. The minimum absolute atomic E-state index is 0.265. The Hall–Kier alpha value is -1.04. The highest BCUT2D eigenvalue weighted by atomic mass is 14.2. The van der Waals surface area contributed by atoms with Crippen molar-refractivity contribution in [2.24, 2.45) is 0 Å². The lowest BCUT2D eigenvalue weighted by atomic mass is 9.86. The van der Waals surface area contributed by atoms with Crippen LogP contribution in [0, 0.1) is 0 Å². The van der Waals surface area contributed by atoms with Crippen LogP contribution in [0.2, 0.25) is 0 Å². The molecule has 0 nitrogen and oxygen atoms in total. The Kier molecular flexibility index (Phi) is 4.79. The van der Waals surface area contributed by atoms with E-state index in [1.807, 2.05) is 6.08 Å². The Morgan fingerprint density at radius 3 is 2.19 bits per heavy atom. The van der Waals surface area contributed by atoms with Crippen LogP contribution in [0.3, 0.4) is 0 Å². The lowest BCUT2D eigenvalue weighted by molar-refractivity contribution is 0.590. The van der Waals surface area contributed by atoms with Crippen LogP contribution in [0.5, 0.6) is 0 Å². The van der Waals surface area contributed by atoms with Crippen LogP contribution in [-0.2, 0) is 11.8 Å². The number of aryl methyl sites for hydroxylation is 1. The summed E-state index contributed by atoms with van der Waals surface area (Å²) in [6.45, 7) is 10.5. The van der Waals surface area contributed by atoms with Crippen molar-refractivity contribution in [1.82, 2.24) is 0 Å². The third kappa shape index (κ3) is 4.22. The van der Waals surface area contributed by atoms with Crippen molar-refractivity contribution >= 4 is 0 Å². The van der Waals surface area contributed by atoms with Gasteiger partial charge in [-0.2, -0.15) is 0 Å². The zero-order valence-electron chi connectivity index (χ0n) is 10.9. The fourth-order valence-corrected chi connectivity index (χ4v) is 1.79. The molecular formula is C16H24. The van der Waals surface area contributed by atoms with Crippen LogP contribution in [0.1, 0.15) is 51.2 Å². The third-order valence-electron chi connectivity index (χ3n) is 2.94. The van der Waals surface area contributed by atoms with E-state index < -0.39 is 0 Å². The number of allylic oxidation sites excluding steroid dienone is 1. The van der Waals surface area contributed by atoms with Gasteiger partial charge >= 0.3 is 0 Å².